The summed E-state index contributed by atoms with van der Waals surface area (Å²) in [5.41, 5.74) is 0.550. The van der Waals surface area contributed by atoms with Gasteiger partial charge >= 0.3 is 5.97 Å². The van der Waals surface area contributed by atoms with Crippen molar-refractivity contribution in [3.8, 4) is 5.75 Å². The number of rotatable bonds is 6. The van der Waals surface area contributed by atoms with Gasteiger partial charge in [0.15, 0.2) is 0 Å². The SMILES string of the molecule is COC(=O)CCN(C)c1cc(OC)cc([N+](=O)[O-])c1. The second-order valence-electron chi connectivity index (χ2n) is 3.89. The zero-order chi connectivity index (χ0) is 14.4. The predicted molar refractivity (Wildman–Crippen MR) is 69.6 cm³/mol. The van der Waals surface area contributed by atoms with Crippen LogP contribution in [-0.2, 0) is 9.53 Å². The molecule has 0 radical (unpaired) electrons. The Bertz CT molecular complexity index is 475. The summed E-state index contributed by atoms with van der Waals surface area (Å²) in [5, 5.41) is 10.8. The van der Waals surface area contributed by atoms with Crippen LogP contribution in [0.1, 0.15) is 6.42 Å². The van der Waals surface area contributed by atoms with Gasteiger partial charge in [-0.3, -0.25) is 14.9 Å². The average Bonchev–Trinajstić information content (AvgIpc) is 2.43. The molecule has 0 aliphatic carbocycles. The van der Waals surface area contributed by atoms with Crippen LogP contribution in [0, 0.1) is 10.1 Å². The maximum atomic E-state index is 11.1. The summed E-state index contributed by atoms with van der Waals surface area (Å²) in [6.45, 7) is 0.400. The van der Waals surface area contributed by atoms with Gasteiger partial charge in [-0.25, -0.2) is 0 Å². The largest absolute Gasteiger partial charge is 0.496 e. The topological polar surface area (TPSA) is 81.9 Å². The summed E-state index contributed by atoms with van der Waals surface area (Å²) in [4.78, 5) is 23.1. The Labute approximate surface area is 110 Å². The molecule has 0 amide bonds. The highest BCUT2D eigenvalue weighted by atomic mass is 16.6. The zero-order valence-electron chi connectivity index (χ0n) is 11.1. The molecule has 7 heteroatoms. The molecule has 0 heterocycles. The first-order valence-corrected chi connectivity index (χ1v) is 5.59. The number of benzene rings is 1. The number of nitro groups is 1. The van der Waals surface area contributed by atoms with Crippen molar-refractivity contribution in [3.63, 3.8) is 0 Å². The van der Waals surface area contributed by atoms with Crippen molar-refractivity contribution in [1.82, 2.24) is 0 Å². The predicted octanol–water partition coefficient (Wildman–Crippen LogP) is 1.60. The molecular weight excluding hydrogens is 252 g/mol. The second-order valence-corrected chi connectivity index (χ2v) is 3.89. The Morgan fingerprint density at radius 2 is 2.05 bits per heavy atom. The van der Waals surface area contributed by atoms with Gasteiger partial charge in [0.25, 0.3) is 5.69 Å². The number of hydrogen-bond donors (Lipinski definition) is 0. The van der Waals surface area contributed by atoms with Crippen molar-refractivity contribution in [1.29, 1.82) is 0 Å². The molecule has 0 fully saturated rings. The van der Waals surface area contributed by atoms with Crippen LogP contribution in [0.25, 0.3) is 0 Å². The Morgan fingerprint density at radius 1 is 1.37 bits per heavy atom. The number of nitrogens with zero attached hydrogens (tertiary/aromatic N) is 2. The van der Waals surface area contributed by atoms with Crippen molar-refractivity contribution >= 4 is 17.3 Å². The van der Waals surface area contributed by atoms with Crippen LogP contribution in [0.4, 0.5) is 11.4 Å². The number of methoxy groups -OCH3 is 2. The highest BCUT2D eigenvalue weighted by molar-refractivity contribution is 5.70. The van der Waals surface area contributed by atoms with Crippen LogP contribution in [-0.4, -0.2) is 38.7 Å². The van der Waals surface area contributed by atoms with E-state index in [-0.39, 0.29) is 18.1 Å². The molecule has 7 nitrogen and oxygen atoms in total. The van der Waals surface area contributed by atoms with Crippen LogP contribution in [0.5, 0.6) is 5.75 Å². The molecule has 104 valence electrons. The molecule has 0 spiro atoms. The lowest BCUT2D eigenvalue weighted by molar-refractivity contribution is -0.384. The molecule has 0 unspecified atom stereocenters. The van der Waals surface area contributed by atoms with Gasteiger partial charge in [0, 0.05) is 31.4 Å². The van der Waals surface area contributed by atoms with Crippen molar-refractivity contribution in [3.05, 3.63) is 28.3 Å². The third-order valence-corrected chi connectivity index (χ3v) is 2.64. The van der Waals surface area contributed by atoms with E-state index >= 15 is 0 Å². The maximum Gasteiger partial charge on any atom is 0.307 e. The molecule has 0 bridgehead atoms. The molecule has 0 aliphatic heterocycles. The van der Waals surface area contributed by atoms with E-state index in [0.717, 1.165) is 0 Å². The first kappa shape index (κ1) is 14.7. The van der Waals surface area contributed by atoms with Gasteiger partial charge in [0.2, 0.25) is 0 Å². The highest BCUT2D eigenvalue weighted by Crippen LogP contribution is 2.27. The van der Waals surface area contributed by atoms with E-state index in [4.69, 9.17) is 4.74 Å². The quantitative estimate of drug-likeness (QED) is 0.443. The minimum Gasteiger partial charge on any atom is -0.496 e. The molecule has 1 aromatic rings. The molecule has 0 saturated heterocycles. The summed E-state index contributed by atoms with van der Waals surface area (Å²) < 4.78 is 9.56. The Kier molecular flexibility index (Phi) is 5.11. The molecular formula is C12H16N2O5. The number of anilines is 1. The average molecular weight is 268 g/mol. The molecule has 0 saturated carbocycles. The normalized spacial score (nSPS) is 9.84. The van der Waals surface area contributed by atoms with E-state index in [0.29, 0.717) is 18.0 Å². The van der Waals surface area contributed by atoms with Crippen LogP contribution in [0.2, 0.25) is 0 Å². The van der Waals surface area contributed by atoms with Crippen LogP contribution in [0.15, 0.2) is 18.2 Å². The fourth-order valence-corrected chi connectivity index (χ4v) is 1.50. The lowest BCUT2D eigenvalue weighted by Gasteiger charge is -2.19. The summed E-state index contributed by atoms with van der Waals surface area (Å²) in [5.74, 6) is 0.0679. The molecule has 1 rings (SSSR count). The first-order valence-electron chi connectivity index (χ1n) is 5.59. The first-order chi connectivity index (χ1) is 8.97. The lowest BCUT2D eigenvalue weighted by Crippen LogP contribution is -2.21. The molecule has 19 heavy (non-hydrogen) atoms. The van der Waals surface area contributed by atoms with Gasteiger partial charge in [0.05, 0.1) is 31.6 Å². The molecule has 0 aliphatic rings. The number of carbonyl (C=O) groups is 1. The van der Waals surface area contributed by atoms with Gasteiger partial charge in [-0.15, -0.1) is 0 Å². The molecule has 0 N–H and O–H groups in total. The summed E-state index contributed by atoms with van der Waals surface area (Å²) in [6, 6.07) is 4.45. The van der Waals surface area contributed by atoms with E-state index < -0.39 is 4.92 Å². The summed E-state index contributed by atoms with van der Waals surface area (Å²) in [6.07, 6.45) is 0.206. The number of ether oxygens (including phenoxy) is 2. The van der Waals surface area contributed by atoms with E-state index in [9.17, 15) is 14.9 Å². The Morgan fingerprint density at radius 3 is 2.58 bits per heavy atom. The highest BCUT2D eigenvalue weighted by Gasteiger charge is 2.13. The number of nitro benzene ring substituents is 1. The number of non-ortho nitro benzene ring substituents is 1. The van der Waals surface area contributed by atoms with E-state index in [1.807, 2.05) is 0 Å². The van der Waals surface area contributed by atoms with Crippen LogP contribution >= 0.6 is 0 Å². The smallest absolute Gasteiger partial charge is 0.307 e. The third kappa shape index (κ3) is 4.13. The minimum atomic E-state index is -0.486. The fraction of sp³-hybridized carbons (Fsp3) is 0.417. The standard InChI is InChI=1S/C12H16N2O5/c1-13(5-4-12(15)19-3)9-6-10(14(16)17)8-11(7-9)18-2/h6-8H,4-5H2,1-3H3. The summed E-state index contributed by atoms with van der Waals surface area (Å²) >= 11 is 0. The number of carbonyl (C=O) groups excluding carboxylic acids is 1. The van der Waals surface area contributed by atoms with E-state index in [1.165, 1.54) is 26.4 Å². The molecule has 0 aromatic heterocycles. The Hall–Kier alpha value is -2.31. The van der Waals surface area contributed by atoms with Crippen molar-refractivity contribution in [2.45, 2.75) is 6.42 Å². The van der Waals surface area contributed by atoms with Gasteiger partial charge in [0.1, 0.15) is 5.75 Å². The number of hydrogen-bond acceptors (Lipinski definition) is 6. The van der Waals surface area contributed by atoms with E-state index in [2.05, 4.69) is 4.74 Å². The van der Waals surface area contributed by atoms with Crippen molar-refractivity contribution in [2.24, 2.45) is 0 Å². The van der Waals surface area contributed by atoms with Crippen LogP contribution < -0.4 is 9.64 Å². The van der Waals surface area contributed by atoms with Gasteiger partial charge < -0.3 is 14.4 Å². The van der Waals surface area contributed by atoms with Crippen molar-refractivity contribution < 1.29 is 19.2 Å². The van der Waals surface area contributed by atoms with Crippen LogP contribution in [0.3, 0.4) is 0 Å². The zero-order valence-corrected chi connectivity index (χ0v) is 11.1. The van der Waals surface area contributed by atoms with Gasteiger partial charge in [-0.2, -0.15) is 0 Å². The number of esters is 1. The third-order valence-electron chi connectivity index (χ3n) is 2.64. The Balaban J connectivity index is 2.89. The van der Waals surface area contributed by atoms with E-state index in [1.54, 1.807) is 18.0 Å². The fourth-order valence-electron chi connectivity index (χ4n) is 1.50. The lowest BCUT2D eigenvalue weighted by atomic mass is 10.2. The summed E-state index contributed by atoms with van der Waals surface area (Å²) in [7, 11) is 4.50. The second kappa shape index (κ2) is 6.58. The monoisotopic (exact) mass is 268 g/mol. The van der Waals surface area contributed by atoms with Crippen molar-refractivity contribution in [2.75, 3.05) is 32.7 Å². The molecule has 0 atom stereocenters. The molecule has 1 aromatic carbocycles. The van der Waals surface area contributed by atoms with Gasteiger partial charge in [-0.1, -0.05) is 0 Å². The minimum absolute atomic E-state index is 0.0562. The van der Waals surface area contributed by atoms with Gasteiger partial charge in [-0.05, 0) is 0 Å². The maximum absolute atomic E-state index is 11.1.